The van der Waals surface area contributed by atoms with Gasteiger partial charge in [-0.2, -0.15) is 0 Å². The van der Waals surface area contributed by atoms with E-state index in [9.17, 15) is 13.2 Å². The van der Waals surface area contributed by atoms with E-state index >= 15 is 0 Å². The van der Waals surface area contributed by atoms with E-state index in [4.69, 9.17) is 14.2 Å². The standard InChI is InChI=1S/C25H32N2O6S/c1-31-22-10-11-23(32-2)24(16-22)34(29,30)26-20-12-14-27(17-20)13-3-15-33-21-8-6-19(7-9-21)25(28)18-4-5-18/h6-11,16,18,20,26H,3-5,12-15,17H2,1-2H3. The van der Waals surface area contributed by atoms with E-state index in [1.165, 1.54) is 20.3 Å². The highest BCUT2D eigenvalue weighted by molar-refractivity contribution is 7.89. The normalized spacial score (nSPS) is 18.6. The molecule has 0 bridgehead atoms. The van der Waals surface area contributed by atoms with Crippen LogP contribution in [0.5, 0.6) is 17.2 Å². The highest BCUT2D eigenvalue weighted by atomic mass is 32.2. The van der Waals surface area contributed by atoms with Crippen molar-refractivity contribution in [1.29, 1.82) is 0 Å². The molecule has 1 N–H and O–H groups in total. The molecule has 2 aliphatic rings. The Hall–Kier alpha value is -2.62. The maximum absolute atomic E-state index is 13.0. The van der Waals surface area contributed by atoms with Gasteiger partial charge in [-0.1, -0.05) is 0 Å². The number of likely N-dealkylation sites (tertiary alicyclic amines) is 1. The van der Waals surface area contributed by atoms with Crippen molar-refractivity contribution in [1.82, 2.24) is 9.62 Å². The summed E-state index contributed by atoms with van der Waals surface area (Å²) >= 11 is 0. The van der Waals surface area contributed by atoms with E-state index < -0.39 is 10.0 Å². The molecule has 1 saturated carbocycles. The van der Waals surface area contributed by atoms with Gasteiger partial charge in [0.25, 0.3) is 0 Å². The zero-order valence-electron chi connectivity index (χ0n) is 19.7. The zero-order valence-corrected chi connectivity index (χ0v) is 20.5. The third-order valence-corrected chi connectivity index (χ3v) is 7.77. The van der Waals surface area contributed by atoms with E-state index in [0.717, 1.165) is 50.1 Å². The van der Waals surface area contributed by atoms with Crippen molar-refractivity contribution < 1.29 is 27.4 Å². The molecular formula is C25H32N2O6S. The van der Waals surface area contributed by atoms with Crippen LogP contribution in [0.25, 0.3) is 0 Å². The fraction of sp³-hybridized carbons (Fsp3) is 0.480. The topological polar surface area (TPSA) is 94.2 Å². The van der Waals surface area contributed by atoms with Crippen molar-refractivity contribution in [3.05, 3.63) is 48.0 Å². The summed E-state index contributed by atoms with van der Waals surface area (Å²) < 4.78 is 44.9. The van der Waals surface area contributed by atoms with Crippen LogP contribution in [-0.2, 0) is 10.0 Å². The van der Waals surface area contributed by atoms with Crippen LogP contribution in [0.1, 0.15) is 36.0 Å². The molecule has 0 radical (unpaired) electrons. The summed E-state index contributed by atoms with van der Waals surface area (Å²) in [4.78, 5) is 14.4. The van der Waals surface area contributed by atoms with Crippen LogP contribution >= 0.6 is 0 Å². The molecule has 184 valence electrons. The number of ether oxygens (including phenoxy) is 3. The summed E-state index contributed by atoms with van der Waals surface area (Å²) in [6, 6.07) is 11.9. The second-order valence-electron chi connectivity index (χ2n) is 8.79. The summed E-state index contributed by atoms with van der Waals surface area (Å²) in [5.74, 6) is 1.95. The number of hydrogen-bond acceptors (Lipinski definition) is 7. The van der Waals surface area contributed by atoms with E-state index in [0.29, 0.717) is 18.9 Å². The Morgan fingerprint density at radius 3 is 2.44 bits per heavy atom. The predicted molar refractivity (Wildman–Crippen MR) is 128 cm³/mol. The van der Waals surface area contributed by atoms with Gasteiger partial charge in [-0.15, -0.1) is 0 Å². The molecule has 4 rings (SSSR count). The molecule has 1 heterocycles. The number of carbonyl (C=O) groups excluding carboxylic acids is 1. The van der Waals surface area contributed by atoms with Crippen molar-refractivity contribution in [2.75, 3.05) is 40.5 Å². The number of nitrogens with zero attached hydrogens (tertiary/aromatic N) is 1. The minimum absolute atomic E-state index is 0.0750. The summed E-state index contributed by atoms with van der Waals surface area (Å²) in [5, 5.41) is 0. The van der Waals surface area contributed by atoms with Crippen LogP contribution in [0.4, 0.5) is 0 Å². The predicted octanol–water partition coefficient (Wildman–Crippen LogP) is 3.12. The number of ketones is 1. The molecule has 0 amide bonds. The molecule has 34 heavy (non-hydrogen) atoms. The van der Waals surface area contributed by atoms with Crippen molar-refractivity contribution in [3.8, 4) is 17.2 Å². The Kier molecular flexibility index (Phi) is 7.75. The van der Waals surface area contributed by atoms with Gasteiger partial charge in [0.1, 0.15) is 22.1 Å². The van der Waals surface area contributed by atoms with Crippen LogP contribution in [-0.4, -0.2) is 65.6 Å². The van der Waals surface area contributed by atoms with Gasteiger partial charge in [0.05, 0.1) is 20.8 Å². The lowest BCUT2D eigenvalue weighted by molar-refractivity contribution is 0.0967. The zero-order chi connectivity index (χ0) is 24.1. The summed E-state index contributed by atoms with van der Waals surface area (Å²) in [5.41, 5.74) is 0.756. The molecule has 2 aromatic carbocycles. The molecule has 2 aromatic rings. The Bertz CT molecular complexity index is 1100. The van der Waals surface area contributed by atoms with Gasteiger partial charge in [0.2, 0.25) is 10.0 Å². The van der Waals surface area contributed by atoms with Crippen LogP contribution in [0, 0.1) is 5.92 Å². The molecule has 1 aliphatic heterocycles. The molecule has 1 saturated heterocycles. The molecule has 8 nitrogen and oxygen atoms in total. The van der Waals surface area contributed by atoms with Gasteiger partial charge >= 0.3 is 0 Å². The van der Waals surface area contributed by atoms with Crippen molar-refractivity contribution in [2.24, 2.45) is 5.92 Å². The maximum Gasteiger partial charge on any atom is 0.244 e. The molecule has 0 spiro atoms. The number of carbonyl (C=O) groups is 1. The van der Waals surface area contributed by atoms with E-state index in [-0.39, 0.29) is 28.4 Å². The SMILES string of the molecule is COc1ccc(OC)c(S(=O)(=O)NC2CCN(CCCOc3ccc(C(=O)C4CC4)cc3)C2)c1. The first-order valence-corrected chi connectivity index (χ1v) is 13.1. The number of sulfonamides is 1. The van der Waals surface area contributed by atoms with Gasteiger partial charge < -0.3 is 19.1 Å². The van der Waals surface area contributed by atoms with Gasteiger partial charge in [-0.25, -0.2) is 13.1 Å². The van der Waals surface area contributed by atoms with Crippen LogP contribution in [0.2, 0.25) is 0 Å². The molecule has 0 aromatic heterocycles. The van der Waals surface area contributed by atoms with Gasteiger partial charge in [-0.3, -0.25) is 4.79 Å². The van der Waals surface area contributed by atoms with Crippen LogP contribution < -0.4 is 18.9 Å². The number of methoxy groups -OCH3 is 2. The fourth-order valence-corrected chi connectivity index (χ4v) is 5.63. The largest absolute Gasteiger partial charge is 0.497 e. The summed E-state index contributed by atoms with van der Waals surface area (Å²) in [6.45, 7) is 2.84. The Labute approximate surface area is 201 Å². The minimum Gasteiger partial charge on any atom is -0.497 e. The minimum atomic E-state index is -3.75. The highest BCUT2D eigenvalue weighted by Crippen LogP contribution is 2.33. The monoisotopic (exact) mass is 488 g/mol. The lowest BCUT2D eigenvalue weighted by Crippen LogP contribution is -2.37. The maximum atomic E-state index is 13.0. The Morgan fingerprint density at radius 1 is 1.03 bits per heavy atom. The second kappa shape index (κ2) is 10.8. The number of hydrogen-bond donors (Lipinski definition) is 1. The quantitative estimate of drug-likeness (QED) is 0.362. The average molecular weight is 489 g/mol. The first kappa shape index (κ1) is 24.5. The number of benzene rings is 2. The number of Topliss-reactive ketones (excluding diaryl/α,β-unsaturated/α-hetero) is 1. The Morgan fingerprint density at radius 2 is 1.76 bits per heavy atom. The first-order chi connectivity index (χ1) is 16.4. The average Bonchev–Trinajstić information content (AvgIpc) is 3.61. The molecule has 1 atom stereocenters. The summed E-state index contributed by atoms with van der Waals surface area (Å²) in [7, 11) is -0.803. The van der Waals surface area contributed by atoms with E-state index in [2.05, 4.69) is 9.62 Å². The van der Waals surface area contributed by atoms with Crippen molar-refractivity contribution in [3.63, 3.8) is 0 Å². The lowest BCUT2D eigenvalue weighted by atomic mass is 10.1. The fourth-order valence-electron chi connectivity index (χ4n) is 4.18. The molecule has 9 heteroatoms. The smallest absolute Gasteiger partial charge is 0.244 e. The van der Waals surface area contributed by atoms with Gasteiger partial charge in [0, 0.05) is 36.7 Å². The molecular weight excluding hydrogens is 456 g/mol. The second-order valence-corrected chi connectivity index (χ2v) is 10.5. The van der Waals surface area contributed by atoms with Gasteiger partial charge in [-0.05, 0) is 68.6 Å². The third-order valence-electron chi connectivity index (χ3n) is 6.23. The van der Waals surface area contributed by atoms with Crippen molar-refractivity contribution in [2.45, 2.75) is 36.6 Å². The van der Waals surface area contributed by atoms with Crippen LogP contribution in [0.15, 0.2) is 47.4 Å². The molecule has 1 unspecified atom stereocenters. The van der Waals surface area contributed by atoms with Gasteiger partial charge in [0.15, 0.2) is 5.78 Å². The van der Waals surface area contributed by atoms with E-state index in [1.807, 2.05) is 24.3 Å². The summed E-state index contributed by atoms with van der Waals surface area (Å²) in [6.07, 6.45) is 3.57. The number of nitrogens with one attached hydrogen (secondary N) is 1. The molecule has 1 aliphatic carbocycles. The first-order valence-electron chi connectivity index (χ1n) is 11.6. The Balaban J connectivity index is 1.21. The lowest BCUT2D eigenvalue weighted by Gasteiger charge is -2.18. The highest BCUT2D eigenvalue weighted by Gasteiger charge is 2.30. The third kappa shape index (κ3) is 6.08. The van der Waals surface area contributed by atoms with Crippen molar-refractivity contribution >= 4 is 15.8 Å². The number of rotatable bonds is 12. The molecule has 2 fully saturated rings. The van der Waals surface area contributed by atoms with Crippen LogP contribution in [0.3, 0.4) is 0 Å². The van der Waals surface area contributed by atoms with E-state index in [1.54, 1.807) is 12.1 Å².